The molecular formula is C13H21ClN4O2. The van der Waals surface area contributed by atoms with Crippen molar-refractivity contribution in [2.45, 2.75) is 6.42 Å². The molecule has 7 heteroatoms. The van der Waals surface area contributed by atoms with Gasteiger partial charge in [-0.15, -0.1) is 12.4 Å². The molecule has 0 bridgehead atoms. The van der Waals surface area contributed by atoms with E-state index in [2.05, 4.69) is 15.2 Å². The van der Waals surface area contributed by atoms with Crippen LogP contribution in [-0.2, 0) is 4.74 Å². The maximum atomic E-state index is 11.8. The Hall–Kier alpha value is -1.37. The quantitative estimate of drug-likeness (QED) is 0.776. The summed E-state index contributed by atoms with van der Waals surface area (Å²) in [5.74, 6) is 0.190. The van der Waals surface area contributed by atoms with Crippen LogP contribution in [0.25, 0.3) is 0 Å². The van der Waals surface area contributed by atoms with E-state index in [0.717, 1.165) is 39.3 Å². The van der Waals surface area contributed by atoms with Crippen LogP contribution in [0.15, 0.2) is 18.2 Å². The Balaban J connectivity index is 0.00000200. The number of nitrogen functional groups attached to an aromatic ring is 1. The van der Waals surface area contributed by atoms with E-state index in [1.54, 1.807) is 18.2 Å². The molecule has 1 amide bonds. The lowest BCUT2D eigenvalue weighted by atomic mass is 10.3. The summed E-state index contributed by atoms with van der Waals surface area (Å²) in [6, 6.07) is 5.05. The highest BCUT2D eigenvalue weighted by Crippen LogP contribution is 2.00. The fraction of sp³-hybridized carbons (Fsp3) is 0.538. The van der Waals surface area contributed by atoms with Gasteiger partial charge in [0.25, 0.3) is 5.91 Å². The second-order valence-corrected chi connectivity index (χ2v) is 4.51. The molecule has 0 aliphatic carbocycles. The Morgan fingerprint density at radius 1 is 1.40 bits per heavy atom. The van der Waals surface area contributed by atoms with E-state index >= 15 is 0 Å². The highest BCUT2D eigenvalue weighted by atomic mass is 35.5. The largest absolute Gasteiger partial charge is 0.384 e. The Kier molecular flexibility index (Phi) is 7.28. The van der Waals surface area contributed by atoms with Crippen LogP contribution in [0.3, 0.4) is 0 Å². The van der Waals surface area contributed by atoms with Crippen LogP contribution in [0.1, 0.15) is 16.9 Å². The number of nitrogens with zero attached hydrogens (tertiary/aromatic N) is 2. The molecule has 2 rings (SSSR count). The predicted molar refractivity (Wildman–Crippen MR) is 80.1 cm³/mol. The minimum Gasteiger partial charge on any atom is -0.384 e. The molecule has 1 aliphatic rings. The Morgan fingerprint density at radius 3 is 2.85 bits per heavy atom. The van der Waals surface area contributed by atoms with Crippen molar-refractivity contribution in [2.75, 3.05) is 45.1 Å². The average molecular weight is 301 g/mol. The molecule has 20 heavy (non-hydrogen) atoms. The van der Waals surface area contributed by atoms with Crippen molar-refractivity contribution < 1.29 is 9.53 Å². The van der Waals surface area contributed by atoms with E-state index in [9.17, 15) is 4.79 Å². The van der Waals surface area contributed by atoms with Crippen LogP contribution in [0.5, 0.6) is 0 Å². The summed E-state index contributed by atoms with van der Waals surface area (Å²) in [4.78, 5) is 18.1. The van der Waals surface area contributed by atoms with Gasteiger partial charge < -0.3 is 15.8 Å². The normalized spacial score (nSPS) is 15.4. The minimum absolute atomic E-state index is 0. The number of aromatic nitrogens is 1. The number of pyridine rings is 1. The zero-order valence-electron chi connectivity index (χ0n) is 11.4. The maximum absolute atomic E-state index is 11.8. The first kappa shape index (κ1) is 16.7. The van der Waals surface area contributed by atoms with Crippen molar-refractivity contribution >= 4 is 24.1 Å². The fourth-order valence-electron chi connectivity index (χ4n) is 2.00. The summed E-state index contributed by atoms with van der Waals surface area (Å²) in [6.45, 7) is 5.19. The van der Waals surface area contributed by atoms with Gasteiger partial charge in [-0.25, -0.2) is 4.98 Å². The lowest BCUT2D eigenvalue weighted by molar-refractivity contribution is 0.0374. The second kappa shape index (κ2) is 8.73. The number of hydrogen-bond acceptors (Lipinski definition) is 5. The third-order valence-electron chi connectivity index (χ3n) is 3.04. The summed E-state index contributed by atoms with van der Waals surface area (Å²) in [5, 5.41) is 2.85. The number of amides is 1. The van der Waals surface area contributed by atoms with E-state index in [1.165, 1.54) is 0 Å². The molecule has 0 radical (unpaired) electrons. The molecule has 1 aromatic rings. The number of nitrogens with one attached hydrogen (secondary N) is 1. The zero-order chi connectivity index (χ0) is 13.5. The Labute approximate surface area is 125 Å². The van der Waals surface area contributed by atoms with Crippen LogP contribution in [-0.4, -0.2) is 55.2 Å². The number of hydrogen-bond donors (Lipinski definition) is 2. The first-order chi connectivity index (χ1) is 9.25. The molecule has 0 unspecified atom stereocenters. The van der Waals surface area contributed by atoms with Gasteiger partial charge in [0.1, 0.15) is 11.5 Å². The topological polar surface area (TPSA) is 80.5 Å². The monoisotopic (exact) mass is 300 g/mol. The van der Waals surface area contributed by atoms with E-state index in [1.807, 2.05) is 0 Å². The van der Waals surface area contributed by atoms with Gasteiger partial charge in [-0.3, -0.25) is 9.69 Å². The third kappa shape index (κ3) is 5.32. The van der Waals surface area contributed by atoms with Crippen molar-refractivity contribution in [1.82, 2.24) is 15.2 Å². The molecule has 0 spiro atoms. The van der Waals surface area contributed by atoms with E-state index in [0.29, 0.717) is 18.1 Å². The number of carbonyl (C=O) groups excluding carboxylic acids is 1. The van der Waals surface area contributed by atoms with E-state index < -0.39 is 0 Å². The number of halogens is 1. The van der Waals surface area contributed by atoms with Crippen LogP contribution in [0.2, 0.25) is 0 Å². The number of nitrogens with two attached hydrogens (primary N) is 1. The number of carbonyl (C=O) groups is 1. The van der Waals surface area contributed by atoms with Crippen LogP contribution < -0.4 is 11.1 Å². The van der Waals surface area contributed by atoms with Gasteiger partial charge in [-0.05, 0) is 25.1 Å². The smallest absolute Gasteiger partial charge is 0.269 e. The minimum atomic E-state index is -0.172. The molecule has 1 saturated heterocycles. The Bertz CT molecular complexity index is 425. The first-order valence-electron chi connectivity index (χ1n) is 6.56. The molecule has 1 aliphatic heterocycles. The molecule has 6 nitrogen and oxygen atoms in total. The highest BCUT2D eigenvalue weighted by Gasteiger charge is 2.10. The molecule has 0 saturated carbocycles. The fourth-order valence-corrected chi connectivity index (χ4v) is 2.00. The van der Waals surface area contributed by atoms with Gasteiger partial charge in [-0.2, -0.15) is 0 Å². The number of ether oxygens (including phenoxy) is 1. The summed E-state index contributed by atoms with van der Waals surface area (Å²) < 4.78 is 5.28. The first-order valence-corrected chi connectivity index (χ1v) is 6.56. The molecule has 0 aromatic carbocycles. The van der Waals surface area contributed by atoms with Crippen molar-refractivity contribution in [3.63, 3.8) is 0 Å². The number of rotatable bonds is 5. The number of anilines is 1. The van der Waals surface area contributed by atoms with Crippen LogP contribution >= 0.6 is 12.4 Å². The van der Waals surface area contributed by atoms with Crippen LogP contribution in [0.4, 0.5) is 5.82 Å². The molecule has 1 fully saturated rings. The molecule has 2 heterocycles. The number of morpholine rings is 1. The van der Waals surface area contributed by atoms with Crippen molar-refractivity contribution in [3.8, 4) is 0 Å². The predicted octanol–water partition coefficient (Wildman–Crippen LogP) is 0.538. The molecule has 3 N–H and O–H groups in total. The average Bonchev–Trinajstić information content (AvgIpc) is 2.44. The van der Waals surface area contributed by atoms with Crippen molar-refractivity contribution in [3.05, 3.63) is 23.9 Å². The van der Waals surface area contributed by atoms with E-state index in [4.69, 9.17) is 10.5 Å². The lowest BCUT2D eigenvalue weighted by Gasteiger charge is -2.26. The van der Waals surface area contributed by atoms with Gasteiger partial charge >= 0.3 is 0 Å². The summed E-state index contributed by atoms with van der Waals surface area (Å²) in [5.41, 5.74) is 5.91. The molecule has 0 atom stereocenters. The molecular weight excluding hydrogens is 280 g/mol. The summed E-state index contributed by atoms with van der Waals surface area (Å²) >= 11 is 0. The van der Waals surface area contributed by atoms with Gasteiger partial charge in [-0.1, -0.05) is 6.07 Å². The third-order valence-corrected chi connectivity index (χ3v) is 3.04. The molecule has 1 aromatic heterocycles. The Morgan fingerprint density at radius 2 is 2.15 bits per heavy atom. The summed E-state index contributed by atoms with van der Waals surface area (Å²) in [6.07, 6.45) is 0.925. The second-order valence-electron chi connectivity index (χ2n) is 4.51. The SMILES string of the molecule is Cl.Nc1cccc(C(=O)NCCCN2CCOCC2)n1. The van der Waals surface area contributed by atoms with Gasteiger partial charge in [0.05, 0.1) is 13.2 Å². The van der Waals surface area contributed by atoms with Gasteiger partial charge in [0, 0.05) is 19.6 Å². The zero-order valence-corrected chi connectivity index (χ0v) is 12.2. The lowest BCUT2D eigenvalue weighted by Crippen LogP contribution is -2.38. The van der Waals surface area contributed by atoms with Gasteiger partial charge in [0.2, 0.25) is 0 Å². The van der Waals surface area contributed by atoms with Crippen LogP contribution in [0, 0.1) is 0 Å². The summed E-state index contributed by atoms with van der Waals surface area (Å²) in [7, 11) is 0. The maximum Gasteiger partial charge on any atom is 0.269 e. The van der Waals surface area contributed by atoms with E-state index in [-0.39, 0.29) is 18.3 Å². The van der Waals surface area contributed by atoms with Gasteiger partial charge in [0.15, 0.2) is 0 Å². The standard InChI is InChI=1S/C13H20N4O2.ClH/c14-12-4-1-3-11(16-12)13(18)15-5-2-6-17-7-9-19-10-8-17;/h1,3-4H,2,5-10H2,(H2,14,16)(H,15,18);1H. The van der Waals surface area contributed by atoms with Crippen molar-refractivity contribution in [1.29, 1.82) is 0 Å². The van der Waals surface area contributed by atoms with Crippen molar-refractivity contribution in [2.24, 2.45) is 0 Å². The highest BCUT2D eigenvalue weighted by molar-refractivity contribution is 5.92. The molecule has 112 valence electrons.